The number of hydrogen-bond acceptors (Lipinski definition) is 6. The van der Waals surface area contributed by atoms with Crippen LogP contribution in [0.3, 0.4) is 0 Å². The van der Waals surface area contributed by atoms with Gasteiger partial charge in [0.2, 0.25) is 5.91 Å². The summed E-state index contributed by atoms with van der Waals surface area (Å²) in [6.07, 6.45) is -1.71. The Kier molecular flexibility index (Phi) is 12.2. The van der Waals surface area contributed by atoms with Crippen molar-refractivity contribution in [3.8, 4) is 0 Å². The predicted molar refractivity (Wildman–Crippen MR) is 116 cm³/mol. The number of likely N-dealkylation sites (N-methyl/N-ethyl adjacent to an activating group) is 1. The summed E-state index contributed by atoms with van der Waals surface area (Å²) < 4.78 is 69.7. The first-order valence-corrected chi connectivity index (χ1v) is 11.1. The molecule has 1 saturated carbocycles. The molecule has 0 aromatic carbocycles. The van der Waals surface area contributed by atoms with Crippen molar-refractivity contribution in [2.45, 2.75) is 50.2 Å². The third-order valence-electron chi connectivity index (χ3n) is 5.36. The molecule has 9 nitrogen and oxygen atoms in total. The maximum absolute atomic E-state index is 12.1. The van der Waals surface area contributed by atoms with E-state index in [1.807, 2.05) is 26.5 Å². The summed E-state index contributed by atoms with van der Waals surface area (Å²) in [5, 5.41) is 14.2. The van der Waals surface area contributed by atoms with Gasteiger partial charge in [-0.25, -0.2) is 9.59 Å². The number of hydrogen-bond donors (Lipinski definition) is 2. The number of rotatable bonds is 7. The number of aliphatic carboxylic acids is 2. The molecule has 37 heavy (non-hydrogen) atoms. The van der Waals surface area contributed by atoms with Gasteiger partial charge in [0, 0.05) is 45.7 Å². The van der Waals surface area contributed by atoms with Crippen LogP contribution in [-0.4, -0.2) is 101 Å². The monoisotopic (exact) mass is 545 g/mol. The van der Waals surface area contributed by atoms with Gasteiger partial charge in [-0.1, -0.05) is 0 Å². The molecule has 1 aliphatic carbocycles. The van der Waals surface area contributed by atoms with E-state index in [0.717, 1.165) is 31.9 Å². The number of ether oxygens (including phenoxy) is 1. The third kappa shape index (κ3) is 12.7. The van der Waals surface area contributed by atoms with Crippen LogP contribution in [0.25, 0.3) is 0 Å². The van der Waals surface area contributed by atoms with Crippen molar-refractivity contribution in [3.05, 3.63) is 30.1 Å². The summed E-state index contributed by atoms with van der Waals surface area (Å²) in [4.78, 5) is 38.0. The van der Waals surface area contributed by atoms with Crippen LogP contribution < -0.4 is 0 Å². The highest BCUT2D eigenvalue weighted by Crippen LogP contribution is 2.31. The Balaban J connectivity index is 0.000000404. The molecule has 0 unspecified atom stereocenters. The van der Waals surface area contributed by atoms with Crippen molar-refractivity contribution in [2.24, 2.45) is 5.92 Å². The first-order valence-electron chi connectivity index (χ1n) is 11.1. The molecule has 2 N–H and O–H groups in total. The summed E-state index contributed by atoms with van der Waals surface area (Å²) >= 11 is 0. The summed E-state index contributed by atoms with van der Waals surface area (Å²) in [6.45, 7) is 2.30. The average molecular weight is 545 g/mol. The molecule has 1 aromatic rings. The molecule has 2 atom stereocenters. The normalized spacial score (nSPS) is 19.7. The van der Waals surface area contributed by atoms with Gasteiger partial charge in [0.1, 0.15) is 0 Å². The molecule has 1 saturated heterocycles. The Morgan fingerprint density at radius 2 is 1.49 bits per heavy atom. The van der Waals surface area contributed by atoms with Crippen LogP contribution in [0.15, 0.2) is 24.5 Å². The maximum atomic E-state index is 12.1. The van der Waals surface area contributed by atoms with Gasteiger partial charge in [0.05, 0.1) is 12.6 Å². The van der Waals surface area contributed by atoms with Crippen LogP contribution in [-0.2, 0) is 25.5 Å². The van der Waals surface area contributed by atoms with E-state index in [-0.39, 0.29) is 18.1 Å². The zero-order valence-corrected chi connectivity index (χ0v) is 20.1. The maximum Gasteiger partial charge on any atom is 0.490 e. The molecule has 3 rings (SSSR count). The summed E-state index contributed by atoms with van der Waals surface area (Å²) in [5.41, 5.74) is 1.26. The highest BCUT2D eigenvalue weighted by molar-refractivity contribution is 5.77. The predicted octanol–water partition coefficient (Wildman–Crippen LogP) is 2.85. The van der Waals surface area contributed by atoms with Crippen LogP contribution in [0.4, 0.5) is 26.3 Å². The highest BCUT2D eigenvalue weighted by Gasteiger charge is 2.39. The van der Waals surface area contributed by atoms with E-state index in [4.69, 9.17) is 24.5 Å². The van der Waals surface area contributed by atoms with E-state index in [1.54, 1.807) is 4.90 Å². The summed E-state index contributed by atoms with van der Waals surface area (Å²) in [6, 6.07) is 4.39. The Morgan fingerprint density at radius 1 is 1.00 bits per heavy atom. The Morgan fingerprint density at radius 3 is 1.89 bits per heavy atom. The van der Waals surface area contributed by atoms with Gasteiger partial charge in [0.15, 0.2) is 0 Å². The smallest absolute Gasteiger partial charge is 0.475 e. The standard InChI is InChI=1S/C18H27N3O2.2C2HF3O2/c1-20(2)18(22)12-21-10-7-17(23-13-15-3-4-15)16(21)11-14-5-8-19-9-6-14;2*3-2(4,5)1(6)7/h5-6,8-9,15-17H,3-4,7,10-13H2,1-2H3;2*(H,6,7)/t16-,17+;;/m0../s1. The molecule has 2 fully saturated rings. The first-order chi connectivity index (χ1) is 17.0. The SMILES string of the molecule is CN(C)C(=O)CN1CC[C@@H](OCC2CC2)[C@@H]1Cc1ccncc1.O=C(O)C(F)(F)F.O=C(O)C(F)(F)F. The Labute approximate surface area is 209 Å². The van der Waals surface area contributed by atoms with Gasteiger partial charge >= 0.3 is 24.3 Å². The second-order valence-electron chi connectivity index (χ2n) is 8.60. The number of carbonyl (C=O) groups is 3. The van der Waals surface area contributed by atoms with Crippen molar-refractivity contribution in [3.63, 3.8) is 0 Å². The fourth-order valence-corrected chi connectivity index (χ4v) is 3.16. The number of halogens is 6. The minimum atomic E-state index is -5.08. The molecule has 210 valence electrons. The lowest BCUT2D eigenvalue weighted by Crippen LogP contribution is -2.43. The molecule has 0 spiro atoms. The highest BCUT2D eigenvalue weighted by atomic mass is 19.4. The van der Waals surface area contributed by atoms with Gasteiger partial charge in [0.25, 0.3) is 0 Å². The fourth-order valence-electron chi connectivity index (χ4n) is 3.16. The average Bonchev–Trinajstić information content (AvgIpc) is 3.55. The summed E-state index contributed by atoms with van der Waals surface area (Å²) in [5.74, 6) is -4.58. The molecular formula is C22H29F6N3O6. The molecule has 2 aliphatic rings. The molecule has 15 heteroatoms. The number of carbonyl (C=O) groups excluding carboxylic acids is 1. The van der Waals surface area contributed by atoms with E-state index in [9.17, 15) is 31.1 Å². The molecule has 1 amide bonds. The van der Waals surface area contributed by atoms with E-state index in [1.165, 1.54) is 18.4 Å². The molecule has 0 bridgehead atoms. The van der Waals surface area contributed by atoms with Gasteiger partial charge in [-0.05, 0) is 49.3 Å². The van der Waals surface area contributed by atoms with Gasteiger partial charge in [-0.15, -0.1) is 0 Å². The number of aromatic nitrogens is 1. The number of amides is 1. The lowest BCUT2D eigenvalue weighted by atomic mass is 10.0. The van der Waals surface area contributed by atoms with Crippen LogP contribution in [0.1, 0.15) is 24.8 Å². The second-order valence-corrected chi connectivity index (χ2v) is 8.60. The third-order valence-corrected chi connectivity index (χ3v) is 5.36. The van der Waals surface area contributed by atoms with E-state index >= 15 is 0 Å². The molecule has 0 radical (unpaired) electrons. The fraction of sp³-hybridized carbons (Fsp3) is 0.636. The molecule has 2 heterocycles. The van der Waals surface area contributed by atoms with E-state index < -0.39 is 24.3 Å². The van der Waals surface area contributed by atoms with E-state index in [2.05, 4.69) is 22.0 Å². The first kappa shape index (κ1) is 32.1. The molecule has 1 aliphatic heterocycles. The van der Waals surface area contributed by atoms with Gasteiger partial charge in [-0.2, -0.15) is 26.3 Å². The number of alkyl halides is 6. The van der Waals surface area contributed by atoms with Gasteiger partial charge in [-0.3, -0.25) is 14.7 Å². The second kappa shape index (κ2) is 14.1. The van der Waals surface area contributed by atoms with Gasteiger partial charge < -0.3 is 19.8 Å². The lowest BCUT2D eigenvalue weighted by Gasteiger charge is -2.28. The Bertz CT molecular complexity index is 854. The largest absolute Gasteiger partial charge is 0.490 e. The van der Waals surface area contributed by atoms with Crippen molar-refractivity contribution in [1.29, 1.82) is 0 Å². The van der Waals surface area contributed by atoms with Crippen LogP contribution in [0.5, 0.6) is 0 Å². The number of carboxylic acids is 2. The molecule has 1 aromatic heterocycles. The minimum Gasteiger partial charge on any atom is -0.475 e. The van der Waals surface area contributed by atoms with E-state index in [0.29, 0.717) is 6.54 Å². The van der Waals surface area contributed by atoms with Crippen LogP contribution in [0.2, 0.25) is 0 Å². The number of likely N-dealkylation sites (tertiary alicyclic amines) is 1. The van der Waals surface area contributed by atoms with Crippen molar-refractivity contribution >= 4 is 17.8 Å². The quantitative estimate of drug-likeness (QED) is 0.502. The van der Waals surface area contributed by atoms with Crippen molar-refractivity contribution < 1.29 is 55.7 Å². The summed E-state index contributed by atoms with van der Waals surface area (Å²) in [7, 11) is 3.63. The number of carboxylic acid groups (broad SMARTS) is 2. The Hall–Kier alpha value is -2.94. The van der Waals surface area contributed by atoms with Crippen molar-refractivity contribution in [2.75, 3.05) is 33.8 Å². The zero-order valence-electron chi connectivity index (χ0n) is 20.1. The molecular weight excluding hydrogens is 516 g/mol. The topological polar surface area (TPSA) is 120 Å². The minimum absolute atomic E-state index is 0.160. The number of nitrogens with zero attached hydrogens (tertiary/aromatic N) is 3. The van der Waals surface area contributed by atoms with Crippen LogP contribution >= 0.6 is 0 Å². The van der Waals surface area contributed by atoms with Crippen LogP contribution in [0, 0.1) is 5.92 Å². The lowest BCUT2D eigenvalue weighted by molar-refractivity contribution is -0.193. The zero-order chi connectivity index (χ0) is 28.4. The number of pyridine rings is 1. The van der Waals surface area contributed by atoms with Crippen molar-refractivity contribution in [1.82, 2.24) is 14.8 Å².